The second-order valence-electron chi connectivity index (χ2n) is 2.62. The topological polar surface area (TPSA) is 55.5 Å². The van der Waals surface area contributed by atoms with E-state index in [4.69, 9.17) is 22.1 Å². The Bertz CT molecular complexity index is 302. The first-order chi connectivity index (χ1) is 6.20. The van der Waals surface area contributed by atoms with Crippen molar-refractivity contribution in [2.24, 2.45) is 5.73 Å². The molecule has 0 atom stereocenters. The van der Waals surface area contributed by atoms with Gasteiger partial charge in [-0.05, 0) is 25.1 Å². The van der Waals surface area contributed by atoms with Crippen LogP contribution in [0, 0.1) is 0 Å². The Hall–Kier alpha value is -0.930. The summed E-state index contributed by atoms with van der Waals surface area (Å²) in [5.41, 5.74) is 6.06. The van der Waals surface area contributed by atoms with Crippen LogP contribution in [-0.2, 0) is 6.42 Å². The van der Waals surface area contributed by atoms with E-state index in [-0.39, 0.29) is 5.75 Å². The summed E-state index contributed by atoms with van der Waals surface area (Å²) in [6.07, 6.45) is 0.551. The van der Waals surface area contributed by atoms with Gasteiger partial charge in [0.2, 0.25) is 0 Å². The molecule has 0 unspecified atom stereocenters. The van der Waals surface area contributed by atoms with Crippen molar-refractivity contribution in [1.82, 2.24) is 0 Å². The summed E-state index contributed by atoms with van der Waals surface area (Å²) < 4.78 is 5.06. The van der Waals surface area contributed by atoms with Crippen LogP contribution in [0.2, 0.25) is 5.02 Å². The first kappa shape index (κ1) is 10.2. The van der Waals surface area contributed by atoms with Crippen molar-refractivity contribution in [3.8, 4) is 11.5 Å². The van der Waals surface area contributed by atoms with Crippen molar-refractivity contribution in [2.75, 3.05) is 13.7 Å². The van der Waals surface area contributed by atoms with E-state index < -0.39 is 0 Å². The van der Waals surface area contributed by atoms with Crippen molar-refractivity contribution < 1.29 is 9.84 Å². The Kier molecular flexibility index (Phi) is 3.39. The van der Waals surface area contributed by atoms with Gasteiger partial charge in [-0.3, -0.25) is 0 Å². The lowest BCUT2D eigenvalue weighted by Crippen LogP contribution is -2.04. The van der Waals surface area contributed by atoms with E-state index >= 15 is 0 Å². The lowest BCUT2D eigenvalue weighted by molar-refractivity contribution is 0.400. The molecule has 0 aliphatic rings. The number of phenols is 1. The molecule has 0 radical (unpaired) electrons. The van der Waals surface area contributed by atoms with Crippen LogP contribution in [0.3, 0.4) is 0 Å². The van der Waals surface area contributed by atoms with Crippen LogP contribution >= 0.6 is 11.6 Å². The highest BCUT2D eigenvalue weighted by atomic mass is 35.5. The molecule has 0 spiro atoms. The number of benzene rings is 1. The molecule has 1 rings (SSSR count). The zero-order valence-electron chi connectivity index (χ0n) is 7.38. The first-order valence-corrected chi connectivity index (χ1v) is 4.33. The molecule has 4 heteroatoms. The smallest absolute Gasteiger partial charge is 0.144 e. The molecule has 0 amide bonds. The van der Waals surface area contributed by atoms with Crippen LogP contribution in [0.4, 0.5) is 0 Å². The van der Waals surface area contributed by atoms with Crippen LogP contribution in [0.1, 0.15) is 5.56 Å². The Morgan fingerprint density at radius 3 is 2.77 bits per heavy atom. The Labute approximate surface area is 82.1 Å². The fraction of sp³-hybridized carbons (Fsp3) is 0.333. The second-order valence-corrected chi connectivity index (χ2v) is 3.02. The Balaban J connectivity index is 3.18. The Morgan fingerprint density at radius 2 is 2.23 bits per heavy atom. The van der Waals surface area contributed by atoms with E-state index in [0.29, 0.717) is 29.3 Å². The van der Waals surface area contributed by atoms with Crippen LogP contribution in [0.5, 0.6) is 11.5 Å². The minimum absolute atomic E-state index is 0.173. The highest BCUT2D eigenvalue weighted by Gasteiger charge is 2.11. The molecule has 3 nitrogen and oxygen atoms in total. The lowest BCUT2D eigenvalue weighted by Gasteiger charge is -2.10. The highest BCUT2D eigenvalue weighted by Crippen LogP contribution is 2.34. The van der Waals surface area contributed by atoms with Gasteiger partial charge >= 0.3 is 0 Å². The molecule has 0 bridgehead atoms. The standard InChI is InChI=1S/C9H12ClNO2/c1-13-9-6(4-5-11)8(12)3-2-7(9)10/h2-3,12H,4-5,11H2,1H3. The van der Waals surface area contributed by atoms with Gasteiger partial charge in [0, 0.05) is 5.56 Å². The Morgan fingerprint density at radius 1 is 1.54 bits per heavy atom. The molecular weight excluding hydrogens is 190 g/mol. The summed E-state index contributed by atoms with van der Waals surface area (Å²) in [4.78, 5) is 0. The van der Waals surface area contributed by atoms with Crippen molar-refractivity contribution >= 4 is 11.6 Å². The molecule has 0 aliphatic heterocycles. The molecular formula is C9H12ClNO2. The maximum absolute atomic E-state index is 9.48. The molecule has 13 heavy (non-hydrogen) atoms. The quantitative estimate of drug-likeness (QED) is 0.781. The predicted molar refractivity (Wildman–Crippen MR) is 52.4 cm³/mol. The van der Waals surface area contributed by atoms with Crippen molar-refractivity contribution in [1.29, 1.82) is 0 Å². The normalized spacial score (nSPS) is 10.1. The summed E-state index contributed by atoms with van der Waals surface area (Å²) in [5, 5.41) is 9.97. The van der Waals surface area contributed by atoms with E-state index in [1.165, 1.54) is 13.2 Å². The fourth-order valence-corrected chi connectivity index (χ4v) is 1.45. The molecule has 1 aromatic carbocycles. The highest BCUT2D eigenvalue weighted by molar-refractivity contribution is 6.32. The molecule has 0 aromatic heterocycles. The van der Waals surface area contributed by atoms with Gasteiger partial charge in [0.15, 0.2) is 0 Å². The van der Waals surface area contributed by atoms with Crippen molar-refractivity contribution in [3.05, 3.63) is 22.7 Å². The number of rotatable bonds is 3. The average Bonchev–Trinajstić information content (AvgIpc) is 2.12. The lowest BCUT2D eigenvalue weighted by atomic mass is 10.1. The van der Waals surface area contributed by atoms with Crippen LogP contribution in [0.15, 0.2) is 12.1 Å². The van der Waals surface area contributed by atoms with Gasteiger partial charge < -0.3 is 15.6 Å². The van der Waals surface area contributed by atoms with E-state index in [1.807, 2.05) is 0 Å². The number of hydrogen-bond donors (Lipinski definition) is 2. The number of nitrogens with two attached hydrogens (primary N) is 1. The van der Waals surface area contributed by atoms with E-state index in [9.17, 15) is 5.11 Å². The first-order valence-electron chi connectivity index (χ1n) is 3.95. The molecule has 72 valence electrons. The fourth-order valence-electron chi connectivity index (χ4n) is 1.20. The number of phenolic OH excluding ortho intramolecular Hbond substituents is 1. The number of ether oxygens (including phenoxy) is 1. The van der Waals surface area contributed by atoms with E-state index in [1.54, 1.807) is 6.07 Å². The number of aromatic hydroxyl groups is 1. The zero-order valence-corrected chi connectivity index (χ0v) is 8.14. The SMILES string of the molecule is COc1c(Cl)ccc(O)c1CCN. The maximum Gasteiger partial charge on any atom is 0.144 e. The van der Waals surface area contributed by atoms with Gasteiger partial charge in [-0.1, -0.05) is 11.6 Å². The summed E-state index contributed by atoms with van der Waals surface area (Å²) in [6.45, 7) is 0.449. The van der Waals surface area contributed by atoms with Gasteiger partial charge in [0.25, 0.3) is 0 Å². The number of halogens is 1. The third kappa shape index (κ3) is 2.05. The minimum Gasteiger partial charge on any atom is -0.508 e. The van der Waals surface area contributed by atoms with Crippen LogP contribution in [-0.4, -0.2) is 18.8 Å². The molecule has 0 fully saturated rings. The van der Waals surface area contributed by atoms with Gasteiger partial charge in [0.05, 0.1) is 12.1 Å². The molecule has 0 saturated heterocycles. The van der Waals surface area contributed by atoms with Gasteiger partial charge in [0.1, 0.15) is 11.5 Å². The minimum atomic E-state index is 0.173. The number of methoxy groups -OCH3 is 1. The molecule has 0 aliphatic carbocycles. The van der Waals surface area contributed by atoms with Gasteiger partial charge in [-0.2, -0.15) is 0 Å². The largest absolute Gasteiger partial charge is 0.508 e. The molecule has 0 saturated carbocycles. The number of hydrogen-bond acceptors (Lipinski definition) is 3. The molecule has 3 N–H and O–H groups in total. The maximum atomic E-state index is 9.48. The molecule has 1 aromatic rings. The predicted octanol–water partition coefficient (Wildman–Crippen LogP) is 1.56. The average molecular weight is 202 g/mol. The van der Waals surface area contributed by atoms with E-state index in [2.05, 4.69) is 0 Å². The summed E-state index contributed by atoms with van der Waals surface area (Å²) >= 11 is 5.86. The van der Waals surface area contributed by atoms with E-state index in [0.717, 1.165) is 0 Å². The zero-order chi connectivity index (χ0) is 9.84. The second kappa shape index (κ2) is 4.35. The third-order valence-corrected chi connectivity index (χ3v) is 2.08. The summed E-state index contributed by atoms with van der Waals surface area (Å²) in [6, 6.07) is 3.13. The van der Waals surface area contributed by atoms with Gasteiger partial charge in [-0.15, -0.1) is 0 Å². The van der Waals surface area contributed by atoms with Gasteiger partial charge in [-0.25, -0.2) is 0 Å². The third-order valence-electron chi connectivity index (χ3n) is 1.79. The van der Waals surface area contributed by atoms with Crippen molar-refractivity contribution in [2.45, 2.75) is 6.42 Å². The van der Waals surface area contributed by atoms with Crippen LogP contribution in [0.25, 0.3) is 0 Å². The molecule has 0 heterocycles. The monoisotopic (exact) mass is 201 g/mol. The van der Waals surface area contributed by atoms with Crippen LogP contribution < -0.4 is 10.5 Å². The summed E-state index contributed by atoms with van der Waals surface area (Å²) in [5.74, 6) is 0.679. The van der Waals surface area contributed by atoms with Crippen molar-refractivity contribution in [3.63, 3.8) is 0 Å². The summed E-state index contributed by atoms with van der Waals surface area (Å²) in [7, 11) is 1.51.